The predicted octanol–water partition coefficient (Wildman–Crippen LogP) is 4.18. The first-order valence-electron chi connectivity index (χ1n) is 6.22. The molecule has 0 aliphatic heterocycles. The Hall–Kier alpha value is -0.530. The van der Waals surface area contributed by atoms with Gasteiger partial charge in [-0.05, 0) is 43.7 Å². The summed E-state index contributed by atoms with van der Waals surface area (Å²) in [5, 5.41) is 4.57. The number of halogens is 1. The SMILES string of the molecule is CCC(N[C@@H](C)c1ccccc1Cl)C1CC1. The second-order valence-corrected chi connectivity index (χ2v) is 5.17. The highest BCUT2D eigenvalue weighted by Gasteiger charge is 2.30. The maximum Gasteiger partial charge on any atom is 0.0453 e. The molecule has 1 aliphatic carbocycles. The van der Waals surface area contributed by atoms with Crippen molar-refractivity contribution in [3.05, 3.63) is 34.9 Å². The molecule has 0 spiro atoms. The van der Waals surface area contributed by atoms with E-state index >= 15 is 0 Å². The number of hydrogen-bond acceptors (Lipinski definition) is 1. The molecule has 1 nitrogen and oxygen atoms in total. The van der Waals surface area contributed by atoms with Gasteiger partial charge in [0.2, 0.25) is 0 Å². The van der Waals surface area contributed by atoms with Crippen LogP contribution >= 0.6 is 11.6 Å². The van der Waals surface area contributed by atoms with E-state index < -0.39 is 0 Å². The van der Waals surface area contributed by atoms with Crippen LogP contribution in [0.3, 0.4) is 0 Å². The fourth-order valence-corrected chi connectivity index (χ4v) is 2.62. The van der Waals surface area contributed by atoms with E-state index in [2.05, 4.69) is 31.3 Å². The molecule has 0 saturated heterocycles. The molecule has 1 fully saturated rings. The standard InChI is InChI=1S/C14H20ClN/c1-3-14(11-8-9-11)16-10(2)12-6-4-5-7-13(12)15/h4-7,10-11,14,16H,3,8-9H2,1-2H3/t10-,14?/m0/s1. The highest BCUT2D eigenvalue weighted by atomic mass is 35.5. The molecule has 0 aromatic heterocycles. The van der Waals surface area contributed by atoms with Crippen molar-refractivity contribution in [1.29, 1.82) is 0 Å². The van der Waals surface area contributed by atoms with Crippen molar-refractivity contribution in [2.45, 2.75) is 45.2 Å². The molecule has 1 unspecified atom stereocenters. The zero-order chi connectivity index (χ0) is 11.5. The average Bonchev–Trinajstić information content (AvgIpc) is 3.10. The topological polar surface area (TPSA) is 12.0 Å². The van der Waals surface area contributed by atoms with Crippen molar-refractivity contribution in [2.24, 2.45) is 5.92 Å². The van der Waals surface area contributed by atoms with Crippen LogP contribution in [0, 0.1) is 5.92 Å². The first-order chi connectivity index (χ1) is 7.72. The van der Waals surface area contributed by atoms with Gasteiger partial charge in [0.05, 0.1) is 0 Å². The van der Waals surface area contributed by atoms with Gasteiger partial charge in [0, 0.05) is 17.1 Å². The second-order valence-electron chi connectivity index (χ2n) is 4.76. The Balaban J connectivity index is 2.01. The van der Waals surface area contributed by atoms with Crippen LogP contribution in [0.25, 0.3) is 0 Å². The maximum absolute atomic E-state index is 6.20. The van der Waals surface area contributed by atoms with Crippen molar-refractivity contribution in [3.8, 4) is 0 Å². The van der Waals surface area contributed by atoms with E-state index in [-0.39, 0.29) is 0 Å². The quantitative estimate of drug-likeness (QED) is 0.810. The van der Waals surface area contributed by atoms with E-state index in [0.29, 0.717) is 12.1 Å². The molecule has 1 N–H and O–H groups in total. The average molecular weight is 238 g/mol. The lowest BCUT2D eigenvalue weighted by molar-refractivity contribution is 0.405. The summed E-state index contributed by atoms with van der Waals surface area (Å²) in [6, 6.07) is 9.12. The molecule has 1 aromatic rings. The van der Waals surface area contributed by atoms with Gasteiger partial charge in [-0.1, -0.05) is 36.7 Å². The zero-order valence-corrected chi connectivity index (χ0v) is 10.8. The Morgan fingerprint density at radius 2 is 2.06 bits per heavy atom. The molecule has 1 saturated carbocycles. The van der Waals surface area contributed by atoms with Gasteiger partial charge in [0.1, 0.15) is 0 Å². The molecule has 2 heteroatoms. The number of hydrogen-bond donors (Lipinski definition) is 1. The molecule has 0 amide bonds. The molecule has 0 radical (unpaired) electrons. The summed E-state index contributed by atoms with van der Waals surface area (Å²) in [6.07, 6.45) is 3.99. The van der Waals surface area contributed by atoms with Crippen molar-refractivity contribution >= 4 is 11.6 Å². The Kier molecular flexibility index (Phi) is 3.88. The fourth-order valence-electron chi connectivity index (χ4n) is 2.32. The highest BCUT2D eigenvalue weighted by Crippen LogP contribution is 2.35. The molecule has 0 heterocycles. The van der Waals surface area contributed by atoms with E-state index in [4.69, 9.17) is 11.6 Å². The van der Waals surface area contributed by atoms with Crippen molar-refractivity contribution in [3.63, 3.8) is 0 Å². The second kappa shape index (κ2) is 5.20. The Labute approximate surface area is 103 Å². The minimum Gasteiger partial charge on any atom is -0.307 e. The van der Waals surface area contributed by atoms with Gasteiger partial charge in [-0.2, -0.15) is 0 Å². The van der Waals surface area contributed by atoms with Crippen molar-refractivity contribution < 1.29 is 0 Å². The lowest BCUT2D eigenvalue weighted by Gasteiger charge is -2.23. The molecule has 1 aromatic carbocycles. The van der Waals surface area contributed by atoms with Gasteiger partial charge in [-0.25, -0.2) is 0 Å². The lowest BCUT2D eigenvalue weighted by Crippen LogP contribution is -2.32. The van der Waals surface area contributed by atoms with Gasteiger partial charge in [0.25, 0.3) is 0 Å². The van der Waals surface area contributed by atoms with Gasteiger partial charge in [-0.15, -0.1) is 0 Å². The monoisotopic (exact) mass is 237 g/mol. The first-order valence-corrected chi connectivity index (χ1v) is 6.60. The molecule has 16 heavy (non-hydrogen) atoms. The van der Waals surface area contributed by atoms with Crippen LogP contribution in [0.4, 0.5) is 0 Å². The van der Waals surface area contributed by atoms with Crippen molar-refractivity contribution in [1.82, 2.24) is 5.32 Å². The molecule has 0 bridgehead atoms. The predicted molar refractivity (Wildman–Crippen MR) is 69.8 cm³/mol. The highest BCUT2D eigenvalue weighted by molar-refractivity contribution is 6.31. The van der Waals surface area contributed by atoms with Crippen LogP contribution in [0.5, 0.6) is 0 Å². The minimum absolute atomic E-state index is 0.347. The molecular formula is C14H20ClN. The summed E-state index contributed by atoms with van der Waals surface area (Å²) in [7, 11) is 0. The summed E-state index contributed by atoms with van der Waals surface area (Å²) >= 11 is 6.20. The molecular weight excluding hydrogens is 218 g/mol. The van der Waals surface area contributed by atoms with Crippen LogP contribution < -0.4 is 5.32 Å². The van der Waals surface area contributed by atoms with E-state index in [1.807, 2.05) is 12.1 Å². The Morgan fingerprint density at radius 1 is 1.38 bits per heavy atom. The summed E-state index contributed by atoms with van der Waals surface area (Å²) in [5.41, 5.74) is 1.21. The third-order valence-corrected chi connectivity index (χ3v) is 3.81. The van der Waals surface area contributed by atoms with E-state index in [0.717, 1.165) is 10.9 Å². The first kappa shape index (κ1) is 11.9. The summed E-state index contributed by atoms with van der Waals surface area (Å²) in [4.78, 5) is 0. The maximum atomic E-state index is 6.20. The third-order valence-electron chi connectivity index (χ3n) is 3.47. The largest absolute Gasteiger partial charge is 0.307 e. The molecule has 88 valence electrons. The smallest absolute Gasteiger partial charge is 0.0453 e. The fraction of sp³-hybridized carbons (Fsp3) is 0.571. The summed E-state index contributed by atoms with van der Waals surface area (Å²) < 4.78 is 0. The van der Waals surface area contributed by atoms with Crippen molar-refractivity contribution in [2.75, 3.05) is 0 Å². The van der Waals surface area contributed by atoms with Crippen LogP contribution in [0.1, 0.15) is 44.7 Å². The van der Waals surface area contributed by atoms with E-state index in [9.17, 15) is 0 Å². The zero-order valence-electron chi connectivity index (χ0n) is 10.0. The molecule has 1 aliphatic rings. The van der Waals surface area contributed by atoms with Crippen LogP contribution in [-0.4, -0.2) is 6.04 Å². The van der Waals surface area contributed by atoms with E-state index in [1.165, 1.54) is 24.8 Å². The molecule has 2 atom stereocenters. The van der Waals surface area contributed by atoms with Crippen LogP contribution in [-0.2, 0) is 0 Å². The molecule has 2 rings (SSSR count). The van der Waals surface area contributed by atoms with Gasteiger partial charge in [0.15, 0.2) is 0 Å². The number of benzene rings is 1. The van der Waals surface area contributed by atoms with Crippen LogP contribution in [0.2, 0.25) is 5.02 Å². The summed E-state index contributed by atoms with van der Waals surface area (Å²) in [6.45, 7) is 4.46. The van der Waals surface area contributed by atoms with Gasteiger partial charge < -0.3 is 5.32 Å². The third kappa shape index (κ3) is 2.78. The Bertz CT molecular complexity index is 346. The van der Waals surface area contributed by atoms with Gasteiger partial charge >= 0.3 is 0 Å². The summed E-state index contributed by atoms with van der Waals surface area (Å²) in [5.74, 6) is 0.898. The van der Waals surface area contributed by atoms with Gasteiger partial charge in [-0.3, -0.25) is 0 Å². The van der Waals surface area contributed by atoms with Crippen LogP contribution in [0.15, 0.2) is 24.3 Å². The lowest BCUT2D eigenvalue weighted by atomic mass is 10.0. The number of rotatable bonds is 5. The minimum atomic E-state index is 0.347. The Morgan fingerprint density at radius 3 is 2.62 bits per heavy atom. The normalized spacial score (nSPS) is 19.4. The van der Waals surface area contributed by atoms with E-state index in [1.54, 1.807) is 0 Å². The number of nitrogens with one attached hydrogen (secondary N) is 1.